The molecule has 0 bridgehead atoms. The van der Waals surface area contributed by atoms with Crippen molar-refractivity contribution in [3.8, 4) is 5.75 Å². The number of aliphatic hydroxyl groups is 1. The summed E-state index contributed by atoms with van der Waals surface area (Å²) in [5, 5.41) is 11.5. The van der Waals surface area contributed by atoms with Crippen molar-refractivity contribution in [3.63, 3.8) is 0 Å². The average Bonchev–Trinajstić information content (AvgIpc) is 3.45. The van der Waals surface area contributed by atoms with Gasteiger partial charge in [0.25, 0.3) is 11.7 Å². The number of ether oxygens (including phenoxy) is 1. The van der Waals surface area contributed by atoms with Crippen LogP contribution in [-0.2, 0) is 9.59 Å². The van der Waals surface area contributed by atoms with Crippen LogP contribution in [0.25, 0.3) is 5.76 Å². The summed E-state index contributed by atoms with van der Waals surface area (Å²) in [5.41, 5.74) is 1.71. The van der Waals surface area contributed by atoms with Crippen LogP contribution in [0.1, 0.15) is 42.4 Å². The molecule has 0 spiro atoms. The van der Waals surface area contributed by atoms with E-state index < -0.39 is 17.7 Å². The van der Waals surface area contributed by atoms with Crippen LogP contribution >= 0.6 is 11.6 Å². The maximum Gasteiger partial charge on any atom is 0.300 e. The van der Waals surface area contributed by atoms with Crippen molar-refractivity contribution in [3.05, 3.63) is 82.3 Å². The highest BCUT2D eigenvalue weighted by atomic mass is 35.5. The number of ketones is 1. The number of carbonyl (C=O) groups excluding carboxylic acids is 2. The standard InChI is InChI=1S/C28H27ClN2O5/c1-17-6-13-23(36-17)25-24(26(32)21-16-20(35-2)11-12-22(21)29)27(33)28(34)31(25)19-9-7-18(8-10-19)30-14-4-3-5-15-30/h6-13,16,25,32H,3-5,14-15H2,1-2H3/b26-24+. The molecular formula is C28H27ClN2O5. The Labute approximate surface area is 214 Å². The van der Waals surface area contributed by atoms with Gasteiger partial charge >= 0.3 is 0 Å². The molecule has 7 nitrogen and oxygen atoms in total. The Morgan fingerprint density at radius 3 is 2.33 bits per heavy atom. The third-order valence-electron chi connectivity index (χ3n) is 6.75. The Balaban J connectivity index is 1.61. The highest BCUT2D eigenvalue weighted by Crippen LogP contribution is 2.44. The number of furan rings is 1. The van der Waals surface area contributed by atoms with Gasteiger partial charge in [-0.1, -0.05) is 11.6 Å². The van der Waals surface area contributed by atoms with E-state index in [9.17, 15) is 14.7 Å². The molecule has 5 rings (SSSR count). The zero-order chi connectivity index (χ0) is 25.4. The van der Waals surface area contributed by atoms with Gasteiger partial charge in [0.15, 0.2) is 0 Å². The fourth-order valence-corrected chi connectivity index (χ4v) is 5.11. The second-order valence-electron chi connectivity index (χ2n) is 9.03. The van der Waals surface area contributed by atoms with Crippen LogP contribution < -0.4 is 14.5 Å². The van der Waals surface area contributed by atoms with Gasteiger partial charge in [0.2, 0.25) is 0 Å². The van der Waals surface area contributed by atoms with Crippen LogP contribution in [0.15, 0.2) is 64.6 Å². The fourth-order valence-electron chi connectivity index (χ4n) is 4.90. The van der Waals surface area contributed by atoms with Gasteiger partial charge in [0, 0.05) is 30.0 Å². The molecule has 3 heterocycles. The topological polar surface area (TPSA) is 83.2 Å². The molecule has 0 radical (unpaired) electrons. The van der Waals surface area contributed by atoms with Crippen LogP contribution in [0.4, 0.5) is 11.4 Å². The molecule has 1 aromatic heterocycles. The van der Waals surface area contributed by atoms with E-state index in [1.54, 1.807) is 31.2 Å². The minimum absolute atomic E-state index is 0.0930. The molecule has 2 saturated heterocycles. The number of hydrogen-bond donors (Lipinski definition) is 1. The van der Waals surface area contributed by atoms with Gasteiger partial charge in [-0.05, 0) is 80.8 Å². The van der Waals surface area contributed by atoms with E-state index >= 15 is 0 Å². The summed E-state index contributed by atoms with van der Waals surface area (Å²) in [6.07, 6.45) is 3.54. The van der Waals surface area contributed by atoms with Crippen LogP contribution in [0.2, 0.25) is 5.02 Å². The van der Waals surface area contributed by atoms with Crippen molar-refractivity contribution in [2.45, 2.75) is 32.2 Å². The van der Waals surface area contributed by atoms with Crippen LogP contribution in [0, 0.1) is 6.92 Å². The molecule has 0 saturated carbocycles. The molecule has 2 fully saturated rings. The minimum Gasteiger partial charge on any atom is -0.507 e. The third-order valence-corrected chi connectivity index (χ3v) is 7.08. The minimum atomic E-state index is -0.957. The molecule has 186 valence electrons. The Morgan fingerprint density at radius 1 is 1.00 bits per heavy atom. The largest absolute Gasteiger partial charge is 0.507 e. The SMILES string of the molecule is COc1ccc(Cl)c(/C(O)=C2\C(=O)C(=O)N(c3ccc(N4CCCCC4)cc3)C2c2ccc(C)o2)c1. The van der Waals surface area contributed by atoms with Crippen molar-refractivity contribution in [1.29, 1.82) is 0 Å². The number of halogens is 1. The molecule has 2 aliphatic rings. The smallest absolute Gasteiger partial charge is 0.300 e. The van der Waals surface area contributed by atoms with E-state index in [1.165, 1.54) is 24.5 Å². The first kappa shape index (κ1) is 24.0. The quantitative estimate of drug-likeness (QED) is 0.265. The summed E-state index contributed by atoms with van der Waals surface area (Å²) in [6.45, 7) is 3.77. The van der Waals surface area contributed by atoms with Gasteiger partial charge in [0.05, 0.1) is 17.7 Å². The highest BCUT2D eigenvalue weighted by molar-refractivity contribution is 6.52. The number of amides is 1. The van der Waals surface area contributed by atoms with Crippen LogP contribution in [0.3, 0.4) is 0 Å². The predicted molar refractivity (Wildman–Crippen MR) is 139 cm³/mol. The number of anilines is 2. The normalized spacial score (nSPS) is 19.7. The summed E-state index contributed by atoms with van der Waals surface area (Å²) >= 11 is 6.37. The number of benzene rings is 2. The third kappa shape index (κ3) is 4.24. The van der Waals surface area contributed by atoms with Gasteiger partial charge < -0.3 is 19.2 Å². The van der Waals surface area contributed by atoms with Gasteiger partial charge in [-0.2, -0.15) is 0 Å². The summed E-state index contributed by atoms with van der Waals surface area (Å²) in [4.78, 5) is 30.4. The lowest BCUT2D eigenvalue weighted by Gasteiger charge is -2.29. The van der Waals surface area contributed by atoms with Crippen LogP contribution in [0.5, 0.6) is 5.75 Å². The molecule has 2 aliphatic heterocycles. The first-order valence-corrected chi connectivity index (χ1v) is 12.3. The number of Topliss-reactive ketones (excluding diaryl/α,β-unsaturated/α-hetero) is 1. The molecule has 2 aromatic carbocycles. The lowest BCUT2D eigenvalue weighted by Crippen LogP contribution is -2.30. The second-order valence-corrected chi connectivity index (χ2v) is 9.43. The number of rotatable bonds is 5. The summed E-state index contributed by atoms with van der Waals surface area (Å²) in [6, 6.07) is 14.8. The van der Waals surface area contributed by atoms with Crippen molar-refractivity contribution in [2.24, 2.45) is 0 Å². The molecule has 0 aliphatic carbocycles. The van der Waals surface area contributed by atoms with E-state index in [4.69, 9.17) is 20.8 Å². The molecule has 3 aromatic rings. The van der Waals surface area contributed by atoms with Crippen LogP contribution in [-0.4, -0.2) is 37.0 Å². The maximum atomic E-state index is 13.4. The van der Waals surface area contributed by atoms with E-state index in [0.29, 0.717) is 23.0 Å². The van der Waals surface area contributed by atoms with Gasteiger partial charge in [0.1, 0.15) is 29.1 Å². The fraction of sp³-hybridized carbons (Fsp3) is 0.286. The van der Waals surface area contributed by atoms with E-state index in [0.717, 1.165) is 31.6 Å². The number of aryl methyl sites for hydroxylation is 1. The first-order chi connectivity index (χ1) is 17.4. The van der Waals surface area contributed by atoms with Crippen molar-refractivity contribution < 1.29 is 23.8 Å². The molecule has 36 heavy (non-hydrogen) atoms. The molecule has 1 amide bonds. The zero-order valence-electron chi connectivity index (χ0n) is 20.2. The number of carbonyl (C=O) groups is 2. The number of piperidine rings is 1. The molecule has 1 unspecified atom stereocenters. The highest BCUT2D eigenvalue weighted by Gasteiger charge is 2.48. The van der Waals surface area contributed by atoms with E-state index in [2.05, 4.69) is 4.90 Å². The number of nitrogens with zero attached hydrogens (tertiary/aromatic N) is 2. The number of methoxy groups -OCH3 is 1. The lowest BCUT2D eigenvalue weighted by molar-refractivity contribution is -0.132. The first-order valence-electron chi connectivity index (χ1n) is 12.0. The Hall–Kier alpha value is -3.71. The van der Waals surface area contributed by atoms with Crippen molar-refractivity contribution >= 4 is 40.4 Å². The summed E-state index contributed by atoms with van der Waals surface area (Å²) in [5.74, 6) is -0.508. The zero-order valence-corrected chi connectivity index (χ0v) is 20.9. The second kappa shape index (κ2) is 9.74. The molecule has 1 atom stereocenters. The average molecular weight is 507 g/mol. The van der Waals surface area contributed by atoms with E-state index in [1.807, 2.05) is 24.3 Å². The molecular weight excluding hydrogens is 480 g/mol. The Kier molecular flexibility index (Phi) is 6.49. The predicted octanol–water partition coefficient (Wildman–Crippen LogP) is 5.87. The molecule has 1 N–H and O–H groups in total. The Bertz CT molecular complexity index is 1340. The summed E-state index contributed by atoms with van der Waals surface area (Å²) in [7, 11) is 1.49. The van der Waals surface area contributed by atoms with Gasteiger partial charge in [-0.15, -0.1) is 0 Å². The maximum absolute atomic E-state index is 13.4. The summed E-state index contributed by atoms with van der Waals surface area (Å²) < 4.78 is 11.1. The molecule has 8 heteroatoms. The lowest BCUT2D eigenvalue weighted by atomic mass is 9.99. The van der Waals surface area contributed by atoms with Gasteiger partial charge in [-0.25, -0.2) is 0 Å². The van der Waals surface area contributed by atoms with Crippen molar-refractivity contribution in [1.82, 2.24) is 0 Å². The monoisotopic (exact) mass is 506 g/mol. The van der Waals surface area contributed by atoms with Crippen molar-refractivity contribution in [2.75, 3.05) is 30.0 Å². The Morgan fingerprint density at radius 2 is 1.69 bits per heavy atom. The van der Waals surface area contributed by atoms with E-state index in [-0.39, 0.29) is 21.9 Å². The number of hydrogen-bond acceptors (Lipinski definition) is 6. The van der Waals surface area contributed by atoms with Gasteiger partial charge in [-0.3, -0.25) is 14.5 Å². The number of aliphatic hydroxyl groups excluding tert-OH is 1.